The van der Waals surface area contributed by atoms with Gasteiger partial charge in [0.15, 0.2) is 0 Å². The van der Waals surface area contributed by atoms with Gasteiger partial charge in [0.2, 0.25) is 5.95 Å². The van der Waals surface area contributed by atoms with Crippen LogP contribution in [-0.2, 0) is 0 Å². The van der Waals surface area contributed by atoms with E-state index in [0.29, 0.717) is 11.6 Å². The molecular weight excluding hydrogens is 262 g/mol. The fraction of sp³-hybridized carbons (Fsp3) is 0. The highest BCUT2D eigenvalue weighted by atomic mass is 15.1. The molecule has 0 radical (unpaired) electrons. The normalized spacial score (nSPS) is 10.1. The zero-order valence-corrected chi connectivity index (χ0v) is 11.3. The minimum Gasteiger partial charge on any atom is -0.399 e. The van der Waals surface area contributed by atoms with Gasteiger partial charge in [0.05, 0.1) is 0 Å². The van der Waals surface area contributed by atoms with Crippen LogP contribution in [-0.4, -0.2) is 9.97 Å². The third-order valence-corrected chi connectivity index (χ3v) is 2.84. The fourth-order valence-corrected chi connectivity index (χ4v) is 1.90. The predicted octanol–water partition coefficient (Wildman–Crippen LogP) is 3.55. The van der Waals surface area contributed by atoms with Crippen molar-refractivity contribution < 1.29 is 0 Å². The number of para-hydroxylation sites is 1. The summed E-state index contributed by atoms with van der Waals surface area (Å²) in [6.45, 7) is 0. The number of aromatic nitrogens is 2. The number of benzene rings is 2. The Hall–Kier alpha value is -3.08. The molecule has 5 heteroatoms. The van der Waals surface area contributed by atoms with Gasteiger partial charge in [-0.2, -0.15) is 4.98 Å². The van der Waals surface area contributed by atoms with Crippen molar-refractivity contribution in [3.05, 3.63) is 66.9 Å². The molecule has 0 amide bonds. The van der Waals surface area contributed by atoms with E-state index in [1.165, 1.54) is 0 Å². The number of nitrogens with one attached hydrogen (secondary N) is 2. The van der Waals surface area contributed by atoms with Crippen molar-refractivity contribution >= 4 is 28.8 Å². The van der Waals surface area contributed by atoms with Gasteiger partial charge >= 0.3 is 0 Å². The van der Waals surface area contributed by atoms with Gasteiger partial charge in [0.1, 0.15) is 5.82 Å². The maximum Gasteiger partial charge on any atom is 0.229 e. The third-order valence-electron chi connectivity index (χ3n) is 2.84. The first-order valence-corrected chi connectivity index (χ1v) is 6.57. The Bertz CT molecular complexity index is 727. The second-order valence-electron chi connectivity index (χ2n) is 4.51. The molecular formula is C16H15N5. The minimum atomic E-state index is 0.515. The molecule has 0 saturated carbocycles. The van der Waals surface area contributed by atoms with E-state index in [9.17, 15) is 0 Å². The van der Waals surface area contributed by atoms with Crippen molar-refractivity contribution in [2.75, 3.05) is 16.4 Å². The van der Waals surface area contributed by atoms with Gasteiger partial charge in [0, 0.05) is 23.3 Å². The lowest BCUT2D eigenvalue weighted by molar-refractivity contribution is 1.17. The number of hydrogen-bond donors (Lipinski definition) is 3. The topological polar surface area (TPSA) is 75.9 Å². The molecule has 2 aromatic carbocycles. The molecule has 0 spiro atoms. The van der Waals surface area contributed by atoms with E-state index in [1.807, 2.05) is 60.7 Å². The Morgan fingerprint density at radius 3 is 2.43 bits per heavy atom. The SMILES string of the molecule is Nc1cccc(Nc2nccc(Nc3ccccc3)n2)c1. The molecule has 5 nitrogen and oxygen atoms in total. The van der Waals surface area contributed by atoms with Crippen LogP contribution in [0.3, 0.4) is 0 Å². The summed E-state index contributed by atoms with van der Waals surface area (Å²) in [5.41, 5.74) is 8.28. The molecule has 1 heterocycles. The first kappa shape index (κ1) is 12.9. The van der Waals surface area contributed by atoms with Gasteiger partial charge < -0.3 is 16.4 Å². The van der Waals surface area contributed by atoms with Crippen LogP contribution in [0.5, 0.6) is 0 Å². The fourth-order valence-electron chi connectivity index (χ4n) is 1.90. The average molecular weight is 277 g/mol. The second kappa shape index (κ2) is 5.92. The molecule has 0 unspecified atom stereocenters. The molecule has 0 atom stereocenters. The molecule has 0 aliphatic carbocycles. The minimum absolute atomic E-state index is 0.515. The summed E-state index contributed by atoms with van der Waals surface area (Å²) >= 11 is 0. The van der Waals surface area contributed by atoms with Gasteiger partial charge in [0.25, 0.3) is 0 Å². The van der Waals surface area contributed by atoms with E-state index in [0.717, 1.165) is 17.2 Å². The Morgan fingerprint density at radius 1 is 0.810 bits per heavy atom. The number of nitrogen functional groups attached to an aromatic ring is 1. The van der Waals surface area contributed by atoms with Crippen LogP contribution < -0.4 is 16.4 Å². The van der Waals surface area contributed by atoms with Crippen LogP contribution in [0.15, 0.2) is 66.9 Å². The molecule has 0 bridgehead atoms. The first-order chi connectivity index (χ1) is 10.3. The van der Waals surface area contributed by atoms with Crippen molar-refractivity contribution in [3.63, 3.8) is 0 Å². The number of nitrogens with zero attached hydrogens (tertiary/aromatic N) is 2. The highest BCUT2D eigenvalue weighted by Crippen LogP contribution is 2.18. The van der Waals surface area contributed by atoms with E-state index in [1.54, 1.807) is 6.20 Å². The zero-order valence-electron chi connectivity index (χ0n) is 11.3. The van der Waals surface area contributed by atoms with Crippen molar-refractivity contribution in [2.24, 2.45) is 0 Å². The summed E-state index contributed by atoms with van der Waals surface area (Å²) in [6, 6.07) is 19.1. The van der Waals surface area contributed by atoms with Crippen LogP contribution in [0, 0.1) is 0 Å². The molecule has 3 aromatic rings. The van der Waals surface area contributed by atoms with E-state index in [4.69, 9.17) is 5.73 Å². The van der Waals surface area contributed by atoms with Gasteiger partial charge in [-0.25, -0.2) is 4.98 Å². The Balaban J connectivity index is 1.77. The van der Waals surface area contributed by atoms with Crippen LogP contribution in [0.25, 0.3) is 0 Å². The lowest BCUT2D eigenvalue weighted by atomic mass is 10.3. The number of anilines is 5. The summed E-state index contributed by atoms with van der Waals surface area (Å²) in [5.74, 6) is 1.24. The molecule has 104 valence electrons. The predicted molar refractivity (Wildman–Crippen MR) is 85.9 cm³/mol. The highest BCUT2D eigenvalue weighted by Gasteiger charge is 2.01. The smallest absolute Gasteiger partial charge is 0.229 e. The van der Waals surface area contributed by atoms with Crippen molar-refractivity contribution in [3.8, 4) is 0 Å². The number of rotatable bonds is 4. The first-order valence-electron chi connectivity index (χ1n) is 6.57. The van der Waals surface area contributed by atoms with Gasteiger partial charge in [-0.05, 0) is 36.4 Å². The summed E-state index contributed by atoms with van der Waals surface area (Å²) in [7, 11) is 0. The van der Waals surface area contributed by atoms with E-state index >= 15 is 0 Å². The van der Waals surface area contributed by atoms with Crippen LogP contribution in [0.2, 0.25) is 0 Å². The third kappa shape index (κ3) is 3.48. The highest BCUT2D eigenvalue weighted by molar-refractivity contribution is 5.61. The quantitative estimate of drug-likeness (QED) is 0.636. The Labute approximate surface area is 122 Å². The summed E-state index contributed by atoms with van der Waals surface area (Å²) < 4.78 is 0. The Kier molecular flexibility index (Phi) is 3.64. The van der Waals surface area contributed by atoms with Crippen LogP contribution in [0.4, 0.5) is 28.8 Å². The zero-order chi connectivity index (χ0) is 14.5. The monoisotopic (exact) mass is 277 g/mol. The maximum atomic E-state index is 5.75. The lowest BCUT2D eigenvalue weighted by Crippen LogP contribution is -2.00. The van der Waals surface area contributed by atoms with Crippen molar-refractivity contribution in [1.29, 1.82) is 0 Å². The summed E-state index contributed by atoms with van der Waals surface area (Å²) in [5, 5.41) is 6.35. The van der Waals surface area contributed by atoms with Crippen molar-refractivity contribution in [1.82, 2.24) is 9.97 Å². The van der Waals surface area contributed by atoms with E-state index in [2.05, 4.69) is 20.6 Å². The van der Waals surface area contributed by atoms with Gasteiger partial charge in [-0.3, -0.25) is 0 Å². The molecule has 0 fully saturated rings. The second-order valence-corrected chi connectivity index (χ2v) is 4.51. The van der Waals surface area contributed by atoms with E-state index < -0.39 is 0 Å². The van der Waals surface area contributed by atoms with Crippen LogP contribution >= 0.6 is 0 Å². The molecule has 4 N–H and O–H groups in total. The summed E-state index contributed by atoms with van der Waals surface area (Å²) in [6.07, 6.45) is 1.70. The standard InChI is InChI=1S/C16H15N5/c17-12-5-4-8-14(11-12)20-16-18-10-9-15(21-16)19-13-6-2-1-3-7-13/h1-11H,17H2,(H2,18,19,20,21). The molecule has 0 aliphatic heterocycles. The molecule has 3 rings (SSSR count). The molecule has 0 saturated heterocycles. The summed E-state index contributed by atoms with van der Waals surface area (Å²) in [4.78, 5) is 8.62. The molecule has 0 aliphatic rings. The van der Waals surface area contributed by atoms with Crippen molar-refractivity contribution in [2.45, 2.75) is 0 Å². The van der Waals surface area contributed by atoms with Crippen LogP contribution in [0.1, 0.15) is 0 Å². The van der Waals surface area contributed by atoms with Gasteiger partial charge in [-0.15, -0.1) is 0 Å². The lowest BCUT2D eigenvalue weighted by Gasteiger charge is -2.08. The maximum absolute atomic E-state index is 5.75. The van der Waals surface area contributed by atoms with Gasteiger partial charge in [-0.1, -0.05) is 24.3 Å². The average Bonchev–Trinajstić information content (AvgIpc) is 2.49. The number of nitrogens with two attached hydrogens (primary N) is 1. The molecule has 21 heavy (non-hydrogen) atoms. The Morgan fingerprint density at radius 2 is 1.62 bits per heavy atom. The molecule has 1 aromatic heterocycles. The largest absolute Gasteiger partial charge is 0.399 e. The number of hydrogen-bond acceptors (Lipinski definition) is 5. The van der Waals surface area contributed by atoms with E-state index in [-0.39, 0.29) is 0 Å².